The Kier molecular flexibility index (Phi) is 4.63. The summed E-state index contributed by atoms with van der Waals surface area (Å²) in [6, 6.07) is 7.50. The van der Waals surface area contributed by atoms with Gasteiger partial charge in [-0.25, -0.2) is 4.98 Å². The first kappa shape index (κ1) is 13.7. The second-order valence-corrected chi connectivity index (χ2v) is 5.06. The molecule has 19 heavy (non-hydrogen) atoms. The van der Waals surface area contributed by atoms with Gasteiger partial charge in [-0.05, 0) is 30.2 Å². The molecule has 4 nitrogen and oxygen atoms in total. The van der Waals surface area contributed by atoms with Crippen LogP contribution in [0.1, 0.15) is 12.0 Å². The van der Waals surface area contributed by atoms with Crippen LogP contribution in [0.2, 0.25) is 0 Å². The summed E-state index contributed by atoms with van der Waals surface area (Å²) in [5.41, 5.74) is 1.06. The van der Waals surface area contributed by atoms with Crippen LogP contribution in [0.5, 0.6) is 0 Å². The Balaban J connectivity index is 1.96. The number of amides is 1. The van der Waals surface area contributed by atoms with Crippen molar-refractivity contribution in [2.75, 3.05) is 11.9 Å². The van der Waals surface area contributed by atoms with Crippen molar-refractivity contribution in [2.24, 2.45) is 0 Å². The second-order valence-electron chi connectivity index (χ2n) is 4.15. The van der Waals surface area contributed by atoms with Gasteiger partial charge in [0, 0.05) is 36.5 Å². The average molecular weight is 320 g/mol. The Morgan fingerprint density at radius 1 is 1.37 bits per heavy atom. The molecule has 0 unspecified atom stereocenters. The predicted molar refractivity (Wildman–Crippen MR) is 77.9 cm³/mol. The highest BCUT2D eigenvalue weighted by molar-refractivity contribution is 9.10. The maximum absolute atomic E-state index is 12.1. The van der Waals surface area contributed by atoms with Crippen molar-refractivity contribution in [3.05, 3.63) is 52.9 Å². The largest absolute Gasteiger partial charge is 0.300 e. The Morgan fingerprint density at radius 2 is 2.21 bits per heavy atom. The van der Waals surface area contributed by atoms with Crippen LogP contribution >= 0.6 is 15.9 Å². The monoisotopic (exact) mass is 319 g/mol. The Hall–Kier alpha value is -1.75. The fourth-order valence-electron chi connectivity index (χ4n) is 1.67. The summed E-state index contributed by atoms with van der Waals surface area (Å²) in [6.07, 6.45) is 6.30. The van der Waals surface area contributed by atoms with E-state index in [1.54, 1.807) is 30.5 Å². The third-order valence-electron chi connectivity index (χ3n) is 2.78. The summed E-state index contributed by atoms with van der Waals surface area (Å²) in [5.74, 6) is 0.681. The van der Waals surface area contributed by atoms with Crippen molar-refractivity contribution in [3.8, 4) is 0 Å². The van der Waals surface area contributed by atoms with E-state index in [0.717, 1.165) is 10.0 Å². The van der Waals surface area contributed by atoms with Crippen molar-refractivity contribution in [3.63, 3.8) is 0 Å². The summed E-state index contributed by atoms with van der Waals surface area (Å²) in [6.45, 7) is 0. The normalized spacial score (nSPS) is 10.2. The van der Waals surface area contributed by atoms with Crippen LogP contribution in [0.4, 0.5) is 5.82 Å². The van der Waals surface area contributed by atoms with Crippen molar-refractivity contribution in [1.29, 1.82) is 0 Å². The van der Waals surface area contributed by atoms with Gasteiger partial charge in [0.1, 0.15) is 5.82 Å². The zero-order chi connectivity index (χ0) is 13.7. The molecule has 0 bridgehead atoms. The lowest BCUT2D eigenvalue weighted by molar-refractivity contribution is -0.118. The van der Waals surface area contributed by atoms with Crippen molar-refractivity contribution >= 4 is 27.7 Å². The molecule has 0 aliphatic carbocycles. The first-order valence-corrected chi connectivity index (χ1v) is 6.73. The van der Waals surface area contributed by atoms with Gasteiger partial charge in [0.25, 0.3) is 0 Å². The average Bonchev–Trinajstić information content (AvgIpc) is 2.45. The number of rotatable bonds is 4. The minimum atomic E-state index is 0.0365. The number of aryl methyl sites for hydroxylation is 1. The lowest BCUT2D eigenvalue weighted by Gasteiger charge is -2.16. The van der Waals surface area contributed by atoms with Gasteiger partial charge in [-0.3, -0.25) is 14.7 Å². The highest BCUT2D eigenvalue weighted by Gasteiger charge is 2.12. The van der Waals surface area contributed by atoms with Crippen LogP contribution in [-0.4, -0.2) is 22.9 Å². The predicted octanol–water partition coefficient (Wildman–Crippen LogP) is 2.83. The van der Waals surface area contributed by atoms with Gasteiger partial charge in [0.15, 0.2) is 0 Å². The van der Waals surface area contributed by atoms with E-state index >= 15 is 0 Å². The van der Waals surface area contributed by atoms with Crippen molar-refractivity contribution < 1.29 is 4.79 Å². The molecule has 2 rings (SSSR count). The zero-order valence-corrected chi connectivity index (χ0v) is 12.2. The molecular formula is C14H14BrN3O. The minimum Gasteiger partial charge on any atom is -0.300 e. The quantitative estimate of drug-likeness (QED) is 0.870. The number of nitrogens with zero attached hydrogens (tertiary/aromatic N) is 3. The molecule has 98 valence electrons. The van der Waals surface area contributed by atoms with Crippen LogP contribution in [0.3, 0.4) is 0 Å². The Bertz CT molecular complexity index is 560. The summed E-state index contributed by atoms with van der Waals surface area (Å²) >= 11 is 3.37. The van der Waals surface area contributed by atoms with Gasteiger partial charge >= 0.3 is 0 Å². The van der Waals surface area contributed by atoms with Gasteiger partial charge < -0.3 is 0 Å². The summed E-state index contributed by atoms with van der Waals surface area (Å²) in [4.78, 5) is 21.9. The molecule has 0 aliphatic heterocycles. The number of halogens is 1. The highest BCUT2D eigenvalue weighted by Crippen LogP contribution is 2.16. The molecule has 0 atom stereocenters. The van der Waals surface area contributed by atoms with E-state index in [1.807, 2.05) is 24.3 Å². The molecule has 0 spiro atoms. The van der Waals surface area contributed by atoms with Gasteiger partial charge in [0.2, 0.25) is 5.91 Å². The van der Waals surface area contributed by atoms with E-state index in [9.17, 15) is 4.79 Å². The fraction of sp³-hybridized carbons (Fsp3) is 0.214. The van der Waals surface area contributed by atoms with E-state index in [0.29, 0.717) is 18.7 Å². The third-order valence-corrected chi connectivity index (χ3v) is 3.27. The summed E-state index contributed by atoms with van der Waals surface area (Å²) in [5, 5.41) is 0. The molecule has 2 aromatic heterocycles. The van der Waals surface area contributed by atoms with E-state index in [4.69, 9.17) is 0 Å². The Morgan fingerprint density at radius 3 is 2.89 bits per heavy atom. The second kappa shape index (κ2) is 6.43. The molecule has 0 saturated carbocycles. The molecule has 0 aliphatic rings. The smallest absolute Gasteiger partial charge is 0.228 e. The van der Waals surface area contributed by atoms with E-state index < -0.39 is 0 Å². The fourth-order valence-corrected chi connectivity index (χ4v) is 1.99. The summed E-state index contributed by atoms with van der Waals surface area (Å²) < 4.78 is 0.907. The maximum Gasteiger partial charge on any atom is 0.228 e. The molecule has 0 fully saturated rings. The number of hydrogen-bond acceptors (Lipinski definition) is 3. The molecule has 0 radical (unpaired) electrons. The van der Waals surface area contributed by atoms with Crippen LogP contribution in [0.15, 0.2) is 47.3 Å². The molecule has 5 heteroatoms. The minimum absolute atomic E-state index is 0.0365. The van der Waals surface area contributed by atoms with Crippen LogP contribution in [-0.2, 0) is 11.2 Å². The molecule has 0 N–H and O–H groups in total. The SMILES string of the molecule is CN(C(=O)CCc1cccnc1)c1cc(Br)ccn1. The first-order valence-electron chi connectivity index (χ1n) is 5.94. The Labute approximate surface area is 120 Å². The van der Waals surface area contributed by atoms with Crippen LogP contribution in [0.25, 0.3) is 0 Å². The van der Waals surface area contributed by atoms with E-state index in [-0.39, 0.29) is 5.91 Å². The first-order chi connectivity index (χ1) is 9.16. The molecule has 2 aromatic rings. The number of anilines is 1. The number of pyridine rings is 2. The maximum atomic E-state index is 12.1. The van der Waals surface area contributed by atoms with Crippen molar-refractivity contribution in [1.82, 2.24) is 9.97 Å². The lowest BCUT2D eigenvalue weighted by Crippen LogP contribution is -2.27. The summed E-state index contributed by atoms with van der Waals surface area (Å²) in [7, 11) is 1.74. The number of aromatic nitrogens is 2. The van der Waals surface area contributed by atoms with Crippen LogP contribution < -0.4 is 4.90 Å². The number of hydrogen-bond donors (Lipinski definition) is 0. The number of carbonyl (C=O) groups is 1. The van der Waals surface area contributed by atoms with Gasteiger partial charge in [-0.15, -0.1) is 0 Å². The lowest BCUT2D eigenvalue weighted by atomic mass is 10.1. The van der Waals surface area contributed by atoms with Gasteiger partial charge in [0.05, 0.1) is 0 Å². The molecule has 2 heterocycles. The van der Waals surface area contributed by atoms with Crippen molar-refractivity contribution in [2.45, 2.75) is 12.8 Å². The van der Waals surface area contributed by atoms with Crippen LogP contribution in [0, 0.1) is 0 Å². The zero-order valence-electron chi connectivity index (χ0n) is 10.6. The molecule has 0 saturated heterocycles. The van der Waals surface area contributed by atoms with Gasteiger partial charge in [-0.2, -0.15) is 0 Å². The number of carbonyl (C=O) groups excluding carboxylic acids is 1. The third kappa shape index (κ3) is 3.86. The van der Waals surface area contributed by atoms with E-state index in [2.05, 4.69) is 25.9 Å². The molecule has 1 amide bonds. The molecule has 0 aromatic carbocycles. The topological polar surface area (TPSA) is 46.1 Å². The highest BCUT2D eigenvalue weighted by atomic mass is 79.9. The molecular weight excluding hydrogens is 306 g/mol. The van der Waals surface area contributed by atoms with Gasteiger partial charge in [-0.1, -0.05) is 22.0 Å². The van der Waals surface area contributed by atoms with E-state index in [1.165, 1.54) is 0 Å². The standard InChI is InChI=1S/C14H14BrN3O/c1-18(13-9-12(15)6-8-17-13)14(19)5-4-11-3-2-7-16-10-11/h2-3,6-10H,4-5H2,1H3.